The maximum atomic E-state index is 12.8. The number of aromatic nitrogens is 6. The number of hydrogen-bond acceptors (Lipinski definition) is 7. The molecule has 148 valence electrons. The van der Waals surface area contributed by atoms with E-state index in [0.717, 1.165) is 20.8 Å². The van der Waals surface area contributed by atoms with Crippen LogP contribution in [0.2, 0.25) is 0 Å². The number of nitrogens with one attached hydrogen (secondary N) is 2. The number of thiophene rings is 1. The molecule has 1 amide bonds. The van der Waals surface area contributed by atoms with Gasteiger partial charge in [0.05, 0.1) is 5.39 Å². The van der Waals surface area contributed by atoms with Gasteiger partial charge in [0.2, 0.25) is 5.91 Å². The van der Waals surface area contributed by atoms with Gasteiger partial charge in [0, 0.05) is 17.8 Å². The third kappa shape index (κ3) is 3.79. The number of benzene rings is 1. The number of tetrazole rings is 1. The van der Waals surface area contributed by atoms with Crippen molar-refractivity contribution in [3.8, 4) is 0 Å². The molecule has 29 heavy (non-hydrogen) atoms. The average molecular weight is 409 g/mol. The van der Waals surface area contributed by atoms with Gasteiger partial charge in [-0.1, -0.05) is 30.3 Å². The van der Waals surface area contributed by atoms with Gasteiger partial charge in [-0.2, -0.15) is 0 Å². The molecule has 4 aromatic rings. The van der Waals surface area contributed by atoms with E-state index in [0.29, 0.717) is 24.2 Å². The number of carbonyl (C=O) groups is 1. The summed E-state index contributed by atoms with van der Waals surface area (Å²) in [5, 5.41) is 14.7. The van der Waals surface area contributed by atoms with Crippen molar-refractivity contribution in [2.24, 2.45) is 0 Å². The summed E-state index contributed by atoms with van der Waals surface area (Å²) in [5.41, 5.74) is 1.59. The van der Waals surface area contributed by atoms with E-state index in [1.165, 1.54) is 22.3 Å². The highest BCUT2D eigenvalue weighted by atomic mass is 32.1. The van der Waals surface area contributed by atoms with Gasteiger partial charge in [-0.25, -0.2) is 9.67 Å². The van der Waals surface area contributed by atoms with Crippen LogP contribution in [0.15, 0.2) is 41.5 Å². The molecular formula is C19H19N7O2S. The molecule has 2 N–H and O–H groups in total. The lowest BCUT2D eigenvalue weighted by Crippen LogP contribution is -2.35. The van der Waals surface area contributed by atoms with E-state index in [2.05, 4.69) is 30.8 Å². The van der Waals surface area contributed by atoms with Gasteiger partial charge in [-0.05, 0) is 35.4 Å². The molecule has 9 nitrogen and oxygen atoms in total. The highest BCUT2D eigenvalue weighted by Gasteiger charge is 2.23. The standard InChI is InChI=1S/C19H19N7O2S/c1-11-12(2)29-19-15(11)17(27)22-14(23-19)8-9-20-18(28)16(26-10-21-24-25-26)13-6-4-3-5-7-13/h3-7,10,16H,8-9H2,1-2H3,(H,20,28)(H,22,23,27). The van der Waals surface area contributed by atoms with E-state index in [9.17, 15) is 9.59 Å². The van der Waals surface area contributed by atoms with Crippen LogP contribution >= 0.6 is 11.3 Å². The first-order chi connectivity index (χ1) is 14.0. The first-order valence-electron chi connectivity index (χ1n) is 9.08. The van der Waals surface area contributed by atoms with Crippen LogP contribution in [-0.4, -0.2) is 42.6 Å². The molecule has 1 unspecified atom stereocenters. The van der Waals surface area contributed by atoms with Gasteiger partial charge < -0.3 is 10.3 Å². The second-order valence-corrected chi connectivity index (χ2v) is 7.82. The third-order valence-electron chi connectivity index (χ3n) is 4.74. The molecule has 10 heteroatoms. The van der Waals surface area contributed by atoms with Gasteiger partial charge in [-0.15, -0.1) is 16.4 Å². The summed E-state index contributed by atoms with van der Waals surface area (Å²) in [7, 11) is 0. The Morgan fingerprint density at radius 2 is 2.07 bits per heavy atom. The van der Waals surface area contributed by atoms with Crippen molar-refractivity contribution >= 4 is 27.5 Å². The number of H-pyrrole nitrogens is 1. The highest BCUT2D eigenvalue weighted by Crippen LogP contribution is 2.25. The molecule has 1 atom stereocenters. The van der Waals surface area contributed by atoms with Crippen molar-refractivity contribution in [1.82, 2.24) is 35.5 Å². The molecule has 1 aromatic carbocycles. The topological polar surface area (TPSA) is 118 Å². The highest BCUT2D eigenvalue weighted by molar-refractivity contribution is 7.18. The van der Waals surface area contributed by atoms with Gasteiger partial charge in [0.1, 0.15) is 17.0 Å². The lowest BCUT2D eigenvalue weighted by Gasteiger charge is -2.16. The SMILES string of the molecule is Cc1sc2nc(CCNC(=O)C(c3ccccc3)n3cnnn3)[nH]c(=O)c2c1C. The first-order valence-corrected chi connectivity index (χ1v) is 9.90. The normalized spacial score (nSPS) is 12.2. The van der Waals surface area contributed by atoms with Crippen LogP contribution in [0, 0.1) is 13.8 Å². The Kier molecular flexibility index (Phi) is 5.17. The van der Waals surface area contributed by atoms with Crippen molar-refractivity contribution in [3.63, 3.8) is 0 Å². The third-order valence-corrected chi connectivity index (χ3v) is 5.84. The summed E-state index contributed by atoms with van der Waals surface area (Å²) in [6.45, 7) is 4.22. The Morgan fingerprint density at radius 3 is 2.79 bits per heavy atom. The molecule has 0 aliphatic heterocycles. The lowest BCUT2D eigenvalue weighted by molar-refractivity contribution is -0.123. The number of carbonyl (C=O) groups excluding carboxylic acids is 1. The minimum atomic E-state index is -0.678. The zero-order chi connectivity index (χ0) is 20.4. The number of nitrogens with zero attached hydrogens (tertiary/aromatic N) is 5. The molecule has 0 aliphatic carbocycles. The van der Waals surface area contributed by atoms with Crippen LogP contribution < -0.4 is 10.9 Å². The Balaban J connectivity index is 1.49. The second kappa shape index (κ2) is 7.92. The van der Waals surface area contributed by atoms with Gasteiger partial charge in [0.15, 0.2) is 6.04 Å². The van der Waals surface area contributed by atoms with Crippen LogP contribution in [0.4, 0.5) is 0 Å². The monoisotopic (exact) mass is 409 g/mol. The van der Waals surface area contributed by atoms with E-state index in [-0.39, 0.29) is 11.5 Å². The average Bonchev–Trinajstić information content (AvgIpc) is 3.32. The Hall–Kier alpha value is -3.40. The molecule has 0 saturated heterocycles. The molecule has 0 aliphatic rings. The number of fused-ring (bicyclic) bond motifs is 1. The van der Waals surface area contributed by atoms with Crippen molar-refractivity contribution in [2.75, 3.05) is 6.54 Å². The smallest absolute Gasteiger partial charge is 0.259 e. The summed E-state index contributed by atoms with van der Waals surface area (Å²) in [5.74, 6) is 0.303. The van der Waals surface area contributed by atoms with E-state index >= 15 is 0 Å². The van der Waals surface area contributed by atoms with Crippen LogP contribution in [0.5, 0.6) is 0 Å². The van der Waals surface area contributed by atoms with Crippen LogP contribution in [0.3, 0.4) is 0 Å². The molecule has 0 radical (unpaired) electrons. The number of amides is 1. The van der Waals surface area contributed by atoms with E-state index in [4.69, 9.17) is 0 Å². The maximum absolute atomic E-state index is 12.8. The number of aromatic amines is 1. The van der Waals surface area contributed by atoms with E-state index < -0.39 is 6.04 Å². The fraction of sp³-hybridized carbons (Fsp3) is 0.263. The molecule has 0 fully saturated rings. The molecule has 3 heterocycles. The summed E-state index contributed by atoms with van der Waals surface area (Å²) >= 11 is 1.50. The second-order valence-electron chi connectivity index (χ2n) is 6.62. The minimum absolute atomic E-state index is 0.144. The van der Waals surface area contributed by atoms with E-state index in [1.54, 1.807) is 0 Å². The summed E-state index contributed by atoms with van der Waals surface area (Å²) in [6, 6.07) is 8.61. The largest absolute Gasteiger partial charge is 0.353 e. The molecule has 0 saturated carbocycles. The molecular weight excluding hydrogens is 390 g/mol. The van der Waals surface area contributed by atoms with Crippen LogP contribution in [0.25, 0.3) is 10.2 Å². The summed E-state index contributed by atoms with van der Waals surface area (Å²) in [4.78, 5) is 34.4. The zero-order valence-corrected chi connectivity index (χ0v) is 16.7. The van der Waals surface area contributed by atoms with Crippen molar-refractivity contribution < 1.29 is 4.79 Å². The predicted molar refractivity (Wildman–Crippen MR) is 109 cm³/mol. The van der Waals surface area contributed by atoms with Gasteiger partial charge in [-0.3, -0.25) is 9.59 Å². The lowest BCUT2D eigenvalue weighted by atomic mass is 10.1. The molecule has 3 aromatic heterocycles. The quantitative estimate of drug-likeness (QED) is 0.499. The zero-order valence-electron chi connectivity index (χ0n) is 15.9. The number of aryl methyl sites for hydroxylation is 2. The van der Waals surface area contributed by atoms with Crippen molar-refractivity contribution in [1.29, 1.82) is 0 Å². The predicted octanol–water partition coefficient (Wildman–Crippen LogP) is 1.54. The van der Waals surface area contributed by atoms with Crippen LogP contribution in [-0.2, 0) is 11.2 Å². The van der Waals surface area contributed by atoms with Crippen molar-refractivity contribution in [3.05, 3.63) is 68.8 Å². The molecule has 0 bridgehead atoms. The summed E-state index contributed by atoms with van der Waals surface area (Å²) in [6.07, 6.45) is 1.82. The van der Waals surface area contributed by atoms with Crippen LogP contribution in [0.1, 0.15) is 27.9 Å². The molecule has 4 rings (SSSR count). The summed E-state index contributed by atoms with van der Waals surface area (Å²) < 4.78 is 1.41. The first kappa shape index (κ1) is 18.9. The Morgan fingerprint density at radius 1 is 1.28 bits per heavy atom. The van der Waals surface area contributed by atoms with E-state index in [1.807, 2.05) is 44.2 Å². The number of hydrogen-bond donors (Lipinski definition) is 2. The Bertz CT molecular complexity index is 1200. The maximum Gasteiger partial charge on any atom is 0.259 e. The fourth-order valence-corrected chi connectivity index (χ4v) is 4.21. The fourth-order valence-electron chi connectivity index (χ4n) is 3.16. The van der Waals surface area contributed by atoms with Gasteiger partial charge >= 0.3 is 0 Å². The van der Waals surface area contributed by atoms with Gasteiger partial charge in [0.25, 0.3) is 5.56 Å². The molecule has 0 spiro atoms. The minimum Gasteiger partial charge on any atom is -0.353 e. The van der Waals surface area contributed by atoms with Crippen molar-refractivity contribution in [2.45, 2.75) is 26.3 Å². The number of rotatable bonds is 6. The Labute approximate surface area is 169 Å².